The summed E-state index contributed by atoms with van der Waals surface area (Å²) in [5.41, 5.74) is 5.57. The lowest BCUT2D eigenvalue weighted by molar-refractivity contribution is -0.123. The maximum atomic E-state index is 11.7. The van der Waals surface area contributed by atoms with E-state index in [0.29, 0.717) is 0 Å². The molecular formula is C14H20N2O4. The molecular weight excluding hydrogens is 260 g/mol. The predicted molar refractivity (Wildman–Crippen MR) is 75.8 cm³/mol. The summed E-state index contributed by atoms with van der Waals surface area (Å²) in [6.45, 7) is 3.70. The molecule has 0 aliphatic heterocycles. The third kappa shape index (κ3) is 4.46. The molecule has 0 saturated heterocycles. The molecule has 0 aromatic heterocycles. The molecule has 0 aliphatic rings. The molecule has 1 atom stereocenters. The molecule has 110 valence electrons. The summed E-state index contributed by atoms with van der Waals surface area (Å²) in [6, 6.07) is 4.59. The van der Waals surface area contributed by atoms with E-state index in [9.17, 15) is 9.59 Å². The quantitative estimate of drug-likeness (QED) is 0.659. The Balaban J connectivity index is 2.64. The Hall–Kier alpha value is -2.24. The maximum Gasteiger partial charge on any atom is 0.341 e. The van der Waals surface area contributed by atoms with Crippen molar-refractivity contribution in [1.82, 2.24) is 5.32 Å². The fourth-order valence-corrected chi connectivity index (χ4v) is 1.86. The van der Waals surface area contributed by atoms with Crippen LogP contribution in [0.15, 0.2) is 18.2 Å². The Kier molecular flexibility index (Phi) is 5.83. The Morgan fingerprint density at radius 2 is 2.15 bits per heavy atom. The summed E-state index contributed by atoms with van der Waals surface area (Å²) in [4.78, 5) is 22.7. The largest absolute Gasteiger partial charge is 0.483 e. The number of ether oxygens (including phenoxy) is 1. The Labute approximate surface area is 117 Å². The van der Waals surface area contributed by atoms with Crippen LogP contribution in [0, 0.1) is 0 Å². The van der Waals surface area contributed by atoms with E-state index in [2.05, 4.69) is 5.32 Å². The van der Waals surface area contributed by atoms with Crippen LogP contribution in [0.2, 0.25) is 0 Å². The average molecular weight is 280 g/mol. The molecule has 0 radical (unpaired) electrons. The summed E-state index contributed by atoms with van der Waals surface area (Å²) in [6.07, 6.45) is 1.85. The molecule has 20 heavy (non-hydrogen) atoms. The molecule has 1 amide bonds. The van der Waals surface area contributed by atoms with E-state index in [1.54, 1.807) is 6.07 Å². The van der Waals surface area contributed by atoms with E-state index in [4.69, 9.17) is 15.6 Å². The molecule has 1 unspecified atom stereocenters. The normalized spacial score (nSPS) is 11.7. The fraction of sp³-hybridized carbons (Fsp3) is 0.429. The van der Waals surface area contributed by atoms with Gasteiger partial charge in [0.05, 0.1) is 0 Å². The van der Waals surface area contributed by atoms with Crippen molar-refractivity contribution in [3.63, 3.8) is 0 Å². The highest BCUT2D eigenvalue weighted by molar-refractivity contribution is 5.96. The van der Waals surface area contributed by atoms with Crippen LogP contribution in [0.5, 0.6) is 5.75 Å². The number of carboxylic acids is 1. The van der Waals surface area contributed by atoms with Crippen molar-refractivity contribution in [2.75, 3.05) is 12.3 Å². The van der Waals surface area contributed by atoms with Crippen LogP contribution < -0.4 is 15.8 Å². The van der Waals surface area contributed by atoms with E-state index in [1.807, 2.05) is 13.8 Å². The molecule has 1 rings (SSSR count). The van der Waals surface area contributed by atoms with E-state index in [-0.39, 0.29) is 35.6 Å². The molecule has 0 fully saturated rings. The monoisotopic (exact) mass is 280 g/mol. The number of carboxylic acid groups (broad SMARTS) is 1. The van der Waals surface area contributed by atoms with Gasteiger partial charge < -0.3 is 20.9 Å². The van der Waals surface area contributed by atoms with Crippen molar-refractivity contribution in [3.8, 4) is 5.75 Å². The van der Waals surface area contributed by atoms with Crippen molar-refractivity contribution in [2.24, 2.45) is 0 Å². The first kappa shape index (κ1) is 15.8. The number of carbonyl (C=O) groups excluding carboxylic acids is 1. The summed E-state index contributed by atoms with van der Waals surface area (Å²) in [5.74, 6) is -1.38. The number of rotatable bonds is 7. The first-order valence-corrected chi connectivity index (χ1v) is 6.49. The number of benzene rings is 1. The number of amides is 1. The smallest absolute Gasteiger partial charge is 0.341 e. The summed E-state index contributed by atoms with van der Waals surface area (Å²) >= 11 is 0. The second kappa shape index (κ2) is 7.37. The van der Waals surface area contributed by atoms with Crippen molar-refractivity contribution in [3.05, 3.63) is 23.8 Å². The van der Waals surface area contributed by atoms with Crippen LogP contribution in [-0.4, -0.2) is 29.6 Å². The van der Waals surface area contributed by atoms with Crippen LogP contribution in [0.4, 0.5) is 5.69 Å². The van der Waals surface area contributed by atoms with Gasteiger partial charge >= 0.3 is 5.97 Å². The lowest BCUT2D eigenvalue weighted by Crippen LogP contribution is -2.36. The minimum atomic E-state index is -1.18. The van der Waals surface area contributed by atoms with Gasteiger partial charge in [-0.2, -0.15) is 0 Å². The highest BCUT2D eigenvalue weighted by atomic mass is 16.5. The van der Waals surface area contributed by atoms with Crippen LogP contribution in [0.25, 0.3) is 0 Å². The Morgan fingerprint density at radius 3 is 2.75 bits per heavy atom. The second-order valence-corrected chi connectivity index (χ2v) is 4.57. The van der Waals surface area contributed by atoms with Gasteiger partial charge in [0.1, 0.15) is 11.3 Å². The second-order valence-electron chi connectivity index (χ2n) is 4.57. The number of carbonyl (C=O) groups is 2. The van der Waals surface area contributed by atoms with Gasteiger partial charge in [0, 0.05) is 11.7 Å². The van der Waals surface area contributed by atoms with Gasteiger partial charge in [0.2, 0.25) is 0 Å². The number of hydrogen-bond donors (Lipinski definition) is 3. The topological polar surface area (TPSA) is 102 Å². The predicted octanol–water partition coefficient (Wildman–Crippen LogP) is 1.65. The third-order valence-corrected chi connectivity index (χ3v) is 2.76. The van der Waals surface area contributed by atoms with Crippen molar-refractivity contribution in [1.29, 1.82) is 0 Å². The van der Waals surface area contributed by atoms with Crippen LogP contribution >= 0.6 is 0 Å². The number of nitrogens with one attached hydrogen (secondary N) is 1. The molecule has 1 aromatic carbocycles. The first-order valence-electron chi connectivity index (χ1n) is 6.49. The van der Waals surface area contributed by atoms with Gasteiger partial charge in [-0.3, -0.25) is 4.79 Å². The van der Waals surface area contributed by atoms with Crippen molar-refractivity contribution >= 4 is 17.6 Å². The zero-order valence-electron chi connectivity index (χ0n) is 11.7. The summed E-state index contributed by atoms with van der Waals surface area (Å²) in [7, 11) is 0. The standard InChI is InChI=1S/C14H20N2O4/c1-3-5-9(2)16-12(17)8-20-11-7-4-6-10(15)13(11)14(18)19/h4,6-7,9H,3,5,8,15H2,1-2H3,(H,16,17)(H,18,19). The maximum absolute atomic E-state index is 11.7. The Bertz CT molecular complexity index is 488. The van der Waals surface area contributed by atoms with Crippen LogP contribution in [0.1, 0.15) is 37.0 Å². The zero-order valence-corrected chi connectivity index (χ0v) is 11.7. The minimum absolute atomic E-state index is 0.0656. The molecule has 0 bridgehead atoms. The van der Waals surface area contributed by atoms with Gasteiger partial charge in [-0.05, 0) is 25.5 Å². The molecule has 0 spiro atoms. The number of nitrogen functional groups attached to an aromatic ring is 1. The molecule has 0 saturated carbocycles. The molecule has 0 heterocycles. The number of aromatic carboxylic acids is 1. The third-order valence-electron chi connectivity index (χ3n) is 2.76. The number of hydrogen-bond acceptors (Lipinski definition) is 4. The number of nitrogens with two attached hydrogens (primary N) is 1. The summed E-state index contributed by atoms with van der Waals surface area (Å²) in [5, 5.41) is 11.8. The van der Waals surface area contributed by atoms with Gasteiger partial charge in [-0.1, -0.05) is 19.4 Å². The molecule has 0 aliphatic carbocycles. The highest BCUT2D eigenvalue weighted by Gasteiger charge is 2.16. The SMILES string of the molecule is CCCC(C)NC(=O)COc1cccc(N)c1C(=O)O. The van der Waals surface area contributed by atoms with Crippen LogP contribution in [0.3, 0.4) is 0 Å². The van der Waals surface area contributed by atoms with E-state index in [1.165, 1.54) is 12.1 Å². The Morgan fingerprint density at radius 1 is 1.45 bits per heavy atom. The average Bonchev–Trinajstić information content (AvgIpc) is 2.36. The number of anilines is 1. The molecule has 6 nitrogen and oxygen atoms in total. The zero-order chi connectivity index (χ0) is 15.1. The fourth-order valence-electron chi connectivity index (χ4n) is 1.86. The molecule has 6 heteroatoms. The molecule has 4 N–H and O–H groups in total. The van der Waals surface area contributed by atoms with Crippen molar-refractivity contribution in [2.45, 2.75) is 32.7 Å². The lowest BCUT2D eigenvalue weighted by Gasteiger charge is -2.14. The summed E-state index contributed by atoms with van der Waals surface area (Å²) < 4.78 is 5.25. The van der Waals surface area contributed by atoms with Gasteiger partial charge in [-0.25, -0.2) is 4.79 Å². The van der Waals surface area contributed by atoms with Crippen molar-refractivity contribution < 1.29 is 19.4 Å². The molecule has 1 aromatic rings. The van der Waals surface area contributed by atoms with E-state index in [0.717, 1.165) is 12.8 Å². The first-order chi connectivity index (χ1) is 9.45. The van der Waals surface area contributed by atoms with Gasteiger partial charge in [0.15, 0.2) is 6.61 Å². The van der Waals surface area contributed by atoms with Gasteiger partial charge in [0.25, 0.3) is 5.91 Å². The van der Waals surface area contributed by atoms with E-state index < -0.39 is 5.97 Å². The lowest BCUT2D eigenvalue weighted by atomic mass is 10.1. The van der Waals surface area contributed by atoms with E-state index >= 15 is 0 Å². The highest BCUT2D eigenvalue weighted by Crippen LogP contribution is 2.24. The van der Waals surface area contributed by atoms with Crippen LogP contribution in [-0.2, 0) is 4.79 Å². The minimum Gasteiger partial charge on any atom is -0.483 e. The van der Waals surface area contributed by atoms with Gasteiger partial charge in [-0.15, -0.1) is 0 Å².